The minimum atomic E-state index is -0.529. The number of hydrogen-bond donors (Lipinski definition) is 1. The van der Waals surface area contributed by atoms with E-state index in [4.69, 9.17) is 15.7 Å². The number of nitrogens with zero attached hydrogens (tertiary/aromatic N) is 1. The number of nitriles is 1. The minimum Gasteiger partial charge on any atom is -0.374 e. The van der Waals surface area contributed by atoms with Gasteiger partial charge in [0.15, 0.2) is 0 Å². The Bertz CT molecular complexity index is 336. The van der Waals surface area contributed by atoms with Crippen molar-refractivity contribution in [2.45, 2.75) is 33.4 Å². The molecule has 1 atom stereocenters. The molecule has 0 bridgehead atoms. The number of aryl methyl sites for hydroxylation is 1. The zero-order valence-corrected chi connectivity index (χ0v) is 10.2. The maximum Gasteiger partial charge on any atom is 0.116 e. The lowest BCUT2D eigenvalue weighted by molar-refractivity contribution is 0.117. The van der Waals surface area contributed by atoms with Gasteiger partial charge in [-0.25, -0.2) is 0 Å². The van der Waals surface area contributed by atoms with Crippen molar-refractivity contribution in [1.82, 2.24) is 0 Å². The predicted octanol–water partition coefficient (Wildman–Crippen LogP) is 2.63. The molecule has 0 amide bonds. The molecule has 1 aromatic carbocycles. The molecule has 0 aliphatic carbocycles. The molecule has 0 spiro atoms. The van der Waals surface area contributed by atoms with Crippen molar-refractivity contribution in [1.29, 1.82) is 5.26 Å². The van der Waals surface area contributed by atoms with E-state index in [1.165, 1.54) is 5.56 Å². The van der Waals surface area contributed by atoms with Gasteiger partial charge in [0, 0.05) is 1.43 Å². The Morgan fingerprint density at radius 1 is 1.44 bits per heavy atom. The van der Waals surface area contributed by atoms with Crippen LogP contribution in [0.5, 0.6) is 0 Å². The summed E-state index contributed by atoms with van der Waals surface area (Å²) in [6.07, 6.45) is 0. The van der Waals surface area contributed by atoms with Crippen LogP contribution >= 0.6 is 0 Å². The maximum atomic E-state index is 8.43. The Morgan fingerprint density at radius 3 is 2.62 bits per heavy atom. The van der Waals surface area contributed by atoms with Crippen LogP contribution in [0, 0.1) is 18.3 Å². The van der Waals surface area contributed by atoms with E-state index in [2.05, 4.69) is 0 Å². The van der Waals surface area contributed by atoms with E-state index >= 15 is 0 Å². The van der Waals surface area contributed by atoms with Gasteiger partial charge in [0.2, 0.25) is 0 Å². The summed E-state index contributed by atoms with van der Waals surface area (Å²) in [7, 11) is 0. The fourth-order valence-electron chi connectivity index (χ4n) is 1.11. The van der Waals surface area contributed by atoms with E-state index in [9.17, 15) is 0 Å². The molecule has 0 fully saturated rings. The molecule has 3 nitrogen and oxygen atoms in total. The fourth-order valence-corrected chi connectivity index (χ4v) is 1.11. The van der Waals surface area contributed by atoms with Gasteiger partial charge in [0.1, 0.15) is 6.04 Å². The zero-order valence-electron chi connectivity index (χ0n) is 10.2. The Balaban J connectivity index is 0. The third kappa shape index (κ3) is 5.50. The third-order valence-electron chi connectivity index (χ3n) is 1.98. The lowest BCUT2D eigenvalue weighted by atomic mass is 10.1. The van der Waals surface area contributed by atoms with Crippen molar-refractivity contribution in [2.24, 2.45) is 5.73 Å². The molecule has 2 N–H and O–H groups in total. The van der Waals surface area contributed by atoms with Crippen molar-refractivity contribution < 1.29 is 6.16 Å². The number of rotatable bonds is 4. The van der Waals surface area contributed by atoms with Gasteiger partial charge in [0.25, 0.3) is 0 Å². The highest BCUT2D eigenvalue weighted by Gasteiger charge is 2.01. The molecule has 3 heteroatoms. The molecular weight excluding hydrogens is 200 g/mol. The highest BCUT2D eigenvalue weighted by atomic mass is 16.5. The summed E-state index contributed by atoms with van der Waals surface area (Å²) in [5, 5.41) is 8.43. The molecule has 0 heterocycles. The first kappa shape index (κ1) is 14.6. The first-order chi connectivity index (χ1) is 7.74. The number of benzene rings is 1. The van der Waals surface area contributed by atoms with Gasteiger partial charge in [0.05, 0.1) is 19.3 Å². The van der Waals surface area contributed by atoms with Crippen LogP contribution in [0.4, 0.5) is 0 Å². The Hall–Kier alpha value is -1.37. The zero-order chi connectivity index (χ0) is 12.4. The second-order valence-corrected chi connectivity index (χ2v) is 3.18. The topological polar surface area (TPSA) is 59.0 Å². The van der Waals surface area contributed by atoms with Crippen LogP contribution in [0.3, 0.4) is 0 Å². The van der Waals surface area contributed by atoms with Crippen LogP contribution in [-0.4, -0.2) is 12.6 Å². The van der Waals surface area contributed by atoms with Crippen molar-refractivity contribution >= 4 is 0 Å². The molecule has 1 rings (SSSR count). The van der Waals surface area contributed by atoms with E-state index in [0.717, 1.165) is 5.56 Å². The highest BCUT2D eigenvalue weighted by molar-refractivity contribution is 5.24. The molecule has 0 saturated carbocycles. The summed E-state index contributed by atoms with van der Waals surface area (Å²) < 4.78 is 5.31. The molecule has 0 aliphatic heterocycles. The Morgan fingerprint density at radius 2 is 2.06 bits per heavy atom. The van der Waals surface area contributed by atoms with Gasteiger partial charge in [-0.05, 0) is 18.1 Å². The molecule has 16 heavy (non-hydrogen) atoms. The molecular formula is C13H22N2O. The molecule has 0 saturated heterocycles. The lowest BCUT2D eigenvalue weighted by Gasteiger charge is -2.07. The van der Waals surface area contributed by atoms with Crippen molar-refractivity contribution in [3.8, 4) is 6.07 Å². The predicted molar refractivity (Wildman–Crippen MR) is 67.9 cm³/mol. The van der Waals surface area contributed by atoms with Crippen LogP contribution in [0.15, 0.2) is 24.3 Å². The highest BCUT2D eigenvalue weighted by Crippen LogP contribution is 2.07. The average Bonchev–Trinajstić information content (AvgIpc) is 2.34. The summed E-state index contributed by atoms with van der Waals surface area (Å²) in [4.78, 5) is 0. The summed E-state index contributed by atoms with van der Waals surface area (Å²) >= 11 is 0. The number of nitrogens with two attached hydrogens (primary N) is 1. The van der Waals surface area contributed by atoms with Crippen molar-refractivity contribution in [3.05, 3.63) is 35.4 Å². The van der Waals surface area contributed by atoms with E-state index in [0.29, 0.717) is 6.61 Å². The summed E-state index contributed by atoms with van der Waals surface area (Å²) in [6.45, 7) is 6.83. The number of ether oxygens (including phenoxy) is 1. The molecule has 1 unspecified atom stereocenters. The SMILES string of the molecule is CC.Cc1ccccc1COCC(N)C#N.[HH]. The second kappa shape index (κ2) is 8.90. The van der Waals surface area contributed by atoms with E-state index in [-0.39, 0.29) is 8.03 Å². The van der Waals surface area contributed by atoms with Gasteiger partial charge in [-0.3, -0.25) is 0 Å². The molecule has 90 valence electrons. The summed E-state index contributed by atoms with van der Waals surface area (Å²) in [5.41, 5.74) is 7.72. The molecule has 0 radical (unpaired) electrons. The first-order valence-electron chi connectivity index (χ1n) is 5.51. The standard InChI is InChI=1S/C11H14N2O.C2H6.H2/c1-9-4-2-3-5-10(9)7-14-8-11(13)6-12;1-2;/h2-5,11H,7-8,13H2,1H3;1-2H3;1H. The van der Waals surface area contributed by atoms with Crippen LogP contribution < -0.4 is 5.73 Å². The average molecular weight is 222 g/mol. The summed E-state index contributed by atoms with van der Waals surface area (Å²) in [5.74, 6) is 0. The first-order valence-corrected chi connectivity index (χ1v) is 5.51. The molecule has 1 aromatic rings. The number of hydrogen-bond acceptors (Lipinski definition) is 3. The van der Waals surface area contributed by atoms with Crippen LogP contribution in [0.1, 0.15) is 26.4 Å². The van der Waals surface area contributed by atoms with Gasteiger partial charge in [-0.2, -0.15) is 5.26 Å². The normalized spacial score (nSPS) is 10.9. The van der Waals surface area contributed by atoms with Crippen LogP contribution in [-0.2, 0) is 11.3 Å². The maximum absolute atomic E-state index is 8.43. The van der Waals surface area contributed by atoms with Crippen LogP contribution in [0.25, 0.3) is 0 Å². The van der Waals surface area contributed by atoms with Gasteiger partial charge < -0.3 is 10.5 Å². The monoisotopic (exact) mass is 222 g/mol. The quantitative estimate of drug-likeness (QED) is 0.852. The van der Waals surface area contributed by atoms with Crippen molar-refractivity contribution in [2.75, 3.05) is 6.61 Å². The van der Waals surface area contributed by atoms with E-state index in [1.54, 1.807) is 0 Å². The van der Waals surface area contributed by atoms with Crippen molar-refractivity contribution in [3.63, 3.8) is 0 Å². The largest absolute Gasteiger partial charge is 0.374 e. The minimum absolute atomic E-state index is 0. The lowest BCUT2D eigenvalue weighted by Crippen LogP contribution is -2.23. The van der Waals surface area contributed by atoms with Gasteiger partial charge >= 0.3 is 0 Å². The Labute approximate surface area is 99.3 Å². The fraction of sp³-hybridized carbons (Fsp3) is 0.462. The Kier molecular flexibility index (Phi) is 8.14. The second-order valence-electron chi connectivity index (χ2n) is 3.18. The van der Waals surface area contributed by atoms with Gasteiger partial charge in [-0.1, -0.05) is 38.1 Å². The third-order valence-corrected chi connectivity index (χ3v) is 1.98. The van der Waals surface area contributed by atoms with E-state index < -0.39 is 6.04 Å². The molecule has 0 aliphatic rings. The van der Waals surface area contributed by atoms with Gasteiger partial charge in [-0.15, -0.1) is 0 Å². The van der Waals surface area contributed by atoms with E-state index in [1.807, 2.05) is 51.1 Å². The summed E-state index contributed by atoms with van der Waals surface area (Å²) in [6, 6.07) is 9.38. The van der Waals surface area contributed by atoms with Crippen LogP contribution in [0.2, 0.25) is 0 Å². The molecule has 0 aromatic heterocycles. The smallest absolute Gasteiger partial charge is 0.116 e.